The smallest absolute Gasteiger partial charge is 0.119 e. The van der Waals surface area contributed by atoms with Crippen LogP contribution >= 0.6 is 0 Å². The van der Waals surface area contributed by atoms with Crippen molar-refractivity contribution >= 4 is 0 Å². The highest BCUT2D eigenvalue weighted by Crippen LogP contribution is 2.29. The predicted octanol–water partition coefficient (Wildman–Crippen LogP) is 2.33. The number of benzene rings is 1. The minimum atomic E-state index is -0.311. The molecule has 1 saturated heterocycles. The predicted molar refractivity (Wildman–Crippen MR) is 94.7 cm³/mol. The van der Waals surface area contributed by atoms with Gasteiger partial charge in [-0.15, -0.1) is 0 Å². The molecule has 0 aliphatic carbocycles. The van der Waals surface area contributed by atoms with Gasteiger partial charge in [-0.05, 0) is 44.0 Å². The van der Waals surface area contributed by atoms with E-state index < -0.39 is 0 Å². The quantitative estimate of drug-likeness (QED) is 0.642. The summed E-state index contributed by atoms with van der Waals surface area (Å²) in [6.07, 6.45) is 2.48. The summed E-state index contributed by atoms with van der Waals surface area (Å²) < 4.78 is 16.8. The summed E-state index contributed by atoms with van der Waals surface area (Å²) in [7, 11) is 1.70. The first-order valence-electron chi connectivity index (χ1n) is 8.92. The van der Waals surface area contributed by atoms with E-state index in [-0.39, 0.29) is 12.2 Å². The zero-order chi connectivity index (χ0) is 17.2. The van der Waals surface area contributed by atoms with Crippen molar-refractivity contribution in [1.82, 2.24) is 5.32 Å². The maximum absolute atomic E-state index is 9.38. The van der Waals surface area contributed by atoms with Gasteiger partial charge in [0.1, 0.15) is 5.75 Å². The lowest BCUT2D eigenvalue weighted by molar-refractivity contribution is 0.00648. The van der Waals surface area contributed by atoms with Crippen LogP contribution in [0.5, 0.6) is 5.75 Å². The lowest BCUT2D eigenvalue weighted by atomic mass is 9.87. The van der Waals surface area contributed by atoms with Crippen molar-refractivity contribution in [2.45, 2.75) is 44.3 Å². The molecular formula is C19H31NO4. The zero-order valence-electron chi connectivity index (χ0n) is 14.9. The number of aliphatic hydroxyl groups is 1. The van der Waals surface area contributed by atoms with Crippen molar-refractivity contribution < 1.29 is 19.3 Å². The van der Waals surface area contributed by atoms with Crippen molar-refractivity contribution in [3.63, 3.8) is 0 Å². The molecule has 0 spiro atoms. The Morgan fingerprint density at radius 3 is 2.71 bits per heavy atom. The number of aliphatic hydroxyl groups excluding tert-OH is 1. The first-order chi connectivity index (χ1) is 11.7. The lowest BCUT2D eigenvalue weighted by Gasteiger charge is -2.32. The van der Waals surface area contributed by atoms with Crippen LogP contribution in [-0.4, -0.2) is 57.3 Å². The molecule has 24 heavy (non-hydrogen) atoms. The second kappa shape index (κ2) is 10.7. The summed E-state index contributed by atoms with van der Waals surface area (Å²) in [6, 6.07) is 8.37. The molecule has 1 aliphatic rings. The Hall–Kier alpha value is -1.14. The molecule has 1 heterocycles. The molecule has 2 rings (SSSR count). The molecule has 1 aromatic carbocycles. The van der Waals surface area contributed by atoms with E-state index in [9.17, 15) is 5.11 Å². The largest absolute Gasteiger partial charge is 0.494 e. The van der Waals surface area contributed by atoms with Crippen LogP contribution in [0.4, 0.5) is 0 Å². The molecule has 0 aromatic heterocycles. The third kappa shape index (κ3) is 6.40. The molecule has 1 aromatic rings. The Morgan fingerprint density at radius 2 is 2.00 bits per heavy atom. The fourth-order valence-corrected chi connectivity index (χ4v) is 2.98. The molecule has 1 aliphatic heterocycles. The van der Waals surface area contributed by atoms with Crippen LogP contribution in [-0.2, 0) is 9.47 Å². The molecule has 1 fully saturated rings. The van der Waals surface area contributed by atoms with Gasteiger partial charge in [0.2, 0.25) is 0 Å². The van der Waals surface area contributed by atoms with E-state index in [0.717, 1.165) is 38.3 Å². The molecule has 136 valence electrons. The number of hydrogen-bond donors (Lipinski definition) is 2. The Morgan fingerprint density at radius 1 is 1.21 bits per heavy atom. The van der Waals surface area contributed by atoms with Gasteiger partial charge < -0.3 is 24.6 Å². The van der Waals surface area contributed by atoms with E-state index in [1.807, 2.05) is 12.1 Å². The highest BCUT2D eigenvalue weighted by atomic mass is 16.5. The van der Waals surface area contributed by atoms with Gasteiger partial charge in [0.15, 0.2) is 0 Å². The van der Waals surface area contributed by atoms with Gasteiger partial charge in [-0.1, -0.05) is 12.1 Å². The molecule has 0 radical (unpaired) electrons. The second-order valence-electron chi connectivity index (χ2n) is 6.41. The summed E-state index contributed by atoms with van der Waals surface area (Å²) in [5.74, 6) is 1.29. The molecule has 0 saturated carbocycles. The van der Waals surface area contributed by atoms with Crippen LogP contribution in [0.3, 0.4) is 0 Å². The Labute approximate surface area is 145 Å². The Kier molecular flexibility index (Phi) is 8.53. The third-order valence-electron chi connectivity index (χ3n) is 4.36. The minimum absolute atomic E-state index is 0.158. The molecule has 0 amide bonds. The Balaban J connectivity index is 1.87. The SMILES string of the molecule is COCCCOc1ccc([C@@H]2CCNC[C@H]2OCCC(C)O)cc1. The average Bonchev–Trinajstić information content (AvgIpc) is 2.59. The lowest BCUT2D eigenvalue weighted by Crippen LogP contribution is -2.41. The van der Waals surface area contributed by atoms with Crippen LogP contribution in [0, 0.1) is 0 Å². The highest BCUT2D eigenvalue weighted by Gasteiger charge is 2.27. The number of hydrogen-bond acceptors (Lipinski definition) is 5. The molecule has 0 bridgehead atoms. The van der Waals surface area contributed by atoms with Gasteiger partial charge in [0, 0.05) is 39.2 Å². The number of piperidine rings is 1. The minimum Gasteiger partial charge on any atom is -0.494 e. The van der Waals surface area contributed by atoms with E-state index in [1.165, 1.54) is 5.56 Å². The standard InChI is InChI=1S/C19H31NO4/c1-15(21)9-13-24-19-14-20-10-8-18(19)16-4-6-17(7-5-16)23-12-3-11-22-2/h4-7,15,18-21H,3,8-14H2,1-2H3/t15?,18-,19+/m0/s1. The average molecular weight is 337 g/mol. The van der Waals surface area contributed by atoms with E-state index in [0.29, 0.717) is 25.6 Å². The summed E-state index contributed by atoms with van der Waals surface area (Å²) in [5.41, 5.74) is 1.29. The monoisotopic (exact) mass is 337 g/mol. The van der Waals surface area contributed by atoms with E-state index in [4.69, 9.17) is 14.2 Å². The van der Waals surface area contributed by atoms with Gasteiger partial charge in [0.25, 0.3) is 0 Å². The molecule has 1 unspecified atom stereocenters. The molecular weight excluding hydrogens is 306 g/mol. The number of methoxy groups -OCH3 is 1. The van der Waals surface area contributed by atoms with Crippen molar-refractivity contribution in [2.24, 2.45) is 0 Å². The number of rotatable bonds is 10. The van der Waals surface area contributed by atoms with Crippen LogP contribution in [0.15, 0.2) is 24.3 Å². The topological polar surface area (TPSA) is 60.0 Å². The summed E-state index contributed by atoms with van der Waals surface area (Å²) in [4.78, 5) is 0. The maximum Gasteiger partial charge on any atom is 0.119 e. The van der Waals surface area contributed by atoms with Crippen molar-refractivity contribution in [3.05, 3.63) is 29.8 Å². The van der Waals surface area contributed by atoms with Crippen LogP contribution in [0.2, 0.25) is 0 Å². The van der Waals surface area contributed by atoms with Gasteiger partial charge in [-0.25, -0.2) is 0 Å². The molecule has 2 N–H and O–H groups in total. The maximum atomic E-state index is 9.38. The van der Waals surface area contributed by atoms with Crippen LogP contribution < -0.4 is 10.1 Å². The van der Waals surface area contributed by atoms with Gasteiger partial charge in [0.05, 0.1) is 18.8 Å². The molecule has 5 heteroatoms. The van der Waals surface area contributed by atoms with E-state index >= 15 is 0 Å². The first-order valence-corrected chi connectivity index (χ1v) is 8.92. The van der Waals surface area contributed by atoms with Crippen molar-refractivity contribution in [2.75, 3.05) is 40.0 Å². The van der Waals surface area contributed by atoms with Gasteiger partial charge >= 0.3 is 0 Å². The highest BCUT2D eigenvalue weighted by molar-refractivity contribution is 5.30. The van der Waals surface area contributed by atoms with Gasteiger partial charge in [-0.2, -0.15) is 0 Å². The van der Waals surface area contributed by atoms with Crippen LogP contribution in [0.25, 0.3) is 0 Å². The van der Waals surface area contributed by atoms with Crippen LogP contribution in [0.1, 0.15) is 37.7 Å². The third-order valence-corrected chi connectivity index (χ3v) is 4.36. The molecule has 3 atom stereocenters. The summed E-state index contributed by atoms with van der Waals surface area (Å²) in [6.45, 7) is 5.66. The fraction of sp³-hybridized carbons (Fsp3) is 0.684. The van der Waals surface area contributed by atoms with E-state index in [2.05, 4.69) is 17.4 Å². The number of ether oxygens (including phenoxy) is 3. The normalized spacial score (nSPS) is 22.3. The van der Waals surface area contributed by atoms with Gasteiger partial charge in [-0.3, -0.25) is 0 Å². The Bertz CT molecular complexity index is 449. The molecule has 5 nitrogen and oxygen atoms in total. The number of nitrogens with one attached hydrogen (secondary N) is 1. The van der Waals surface area contributed by atoms with E-state index in [1.54, 1.807) is 14.0 Å². The van der Waals surface area contributed by atoms with Crippen molar-refractivity contribution in [1.29, 1.82) is 0 Å². The zero-order valence-corrected chi connectivity index (χ0v) is 14.9. The first kappa shape index (κ1) is 19.2. The summed E-state index contributed by atoms with van der Waals surface area (Å²) in [5, 5.41) is 12.8. The fourth-order valence-electron chi connectivity index (χ4n) is 2.98. The second-order valence-corrected chi connectivity index (χ2v) is 6.41. The van der Waals surface area contributed by atoms with Crippen molar-refractivity contribution in [3.8, 4) is 5.75 Å². The summed E-state index contributed by atoms with van der Waals surface area (Å²) >= 11 is 0.